The predicted molar refractivity (Wildman–Crippen MR) is 78.0 cm³/mol. The summed E-state index contributed by atoms with van der Waals surface area (Å²) in [6.07, 6.45) is 1.08. The minimum absolute atomic E-state index is 0.121. The van der Waals surface area contributed by atoms with Gasteiger partial charge in [-0.15, -0.1) is 11.6 Å². The molecule has 1 aliphatic rings. The smallest absolute Gasteiger partial charge is 0.125 e. The van der Waals surface area contributed by atoms with Gasteiger partial charge in [-0.2, -0.15) is 0 Å². The Morgan fingerprint density at radius 2 is 2.32 bits per heavy atom. The highest BCUT2D eigenvalue weighted by molar-refractivity contribution is 6.31. The average molecular weight is 299 g/mol. The van der Waals surface area contributed by atoms with Gasteiger partial charge >= 0.3 is 0 Å². The van der Waals surface area contributed by atoms with E-state index in [0.717, 1.165) is 29.9 Å². The van der Waals surface area contributed by atoms with Gasteiger partial charge in [0.25, 0.3) is 0 Å². The third-order valence-corrected chi connectivity index (χ3v) is 4.64. The van der Waals surface area contributed by atoms with Gasteiger partial charge in [0.15, 0.2) is 0 Å². The van der Waals surface area contributed by atoms with Crippen molar-refractivity contribution in [2.45, 2.75) is 37.8 Å². The van der Waals surface area contributed by atoms with Crippen LogP contribution in [0.4, 0.5) is 0 Å². The van der Waals surface area contributed by atoms with E-state index in [4.69, 9.17) is 27.9 Å². The van der Waals surface area contributed by atoms with Crippen LogP contribution in [0.15, 0.2) is 18.2 Å². The fourth-order valence-electron chi connectivity index (χ4n) is 2.88. The number of nitrogens with zero attached hydrogens (tertiary/aromatic N) is 2. The van der Waals surface area contributed by atoms with E-state index in [1.165, 1.54) is 0 Å². The van der Waals surface area contributed by atoms with Crippen molar-refractivity contribution < 1.29 is 4.74 Å². The second-order valence-electron chi connectivity index (χ2n) is 5.25. The molecule has 2 heterocycles. The minimum atomic E-state index is -0.121. The minimum Gasteiger partial charge on any atom is -0.376 e. The Balaban J connectivity index is 2.29. The molecule has 3 nitrogen and oxygen atoms in total. The molecule has 0 spiro atoms. The van der Waals surface area contributed by atoms with E-state index >= 15 is 0 Å². The first-order chi connectivity index (χ1) is 9.06. The van der Waals surface area contributed by atoms with Crippen LogP contribution in [-0.4, -0.2) is 22.3 Å². The lowest BCUT2D eigenvalue weighted by Crippen LogP contribution is -2.37. The monoisotopic (exact) mass is 298 g/mol. The summed E-state index contributed by atoms with van der Waals surface area (Å²) in [5, 5.41) is 0.713. The highest BCUT2D eigenvalue weighted by Crippen LogP contribution is 2.37. The van der Waals surface area contributed by atoms with Gasteiger partial charge in [0.1, 0.15) is 5.82 Å². The lowest BCUT2D eigenvalue weighted by Gasteiger charge is -2.31. The summed E-state index contributed by atoms with van der Waals surface area (Å²) in [5.74, 6) is 1.26. The molecule has 0 bridgehead atoms. The summed E-state index contributed by atoms with van der Waals surface area (Å²) < 4.78 is 7.95. The molecule has 2 unspecified atom stereocenters. The van der Waals surface area contributed by atoms with Gasteiger partial charge in [0.2, 0.25) is 0 Å². The number of ether oxygens (including phenoxy) is 1. The Kier molecular flexibility index (Phi) is 3.24. The zero-order valence-corrected chi connectivity index (χ0v) is 12.5. The summed E-state index contributed by atoms with van der Waals surface area (Å²) >= 11 is 12.2. The maximum atomic E-state index is 6.13. The molecule has 1 fully saturated rings. The van der Waals surface area contributed by atoms with Crippen molar-refractivity contribution in [3.05, 3.63) is 29.0 Å². The molecule has 3 rings (SSSR count). The molecule has 1 aliphatic heterocycles. The maximum Gasteiger partial charge on any atom is 0.125 e. The number of alkyl halides is 1. The van der Waals surface area contributed by atoms with Gasteiger partial charge in [-0.3, -0.25) is 0 Å². The van der Waals surface area contributed by atoms with Crippen LogP contribution in [0.1, 0.15) is 26.1 Å². The average Bonchev–Trinajstić information content (AvgIpc) is 2.91. The summed E-state index contributed by atoms with van der Waals surface area (Å²) in [5.41, 5.74) is 1.84. The second kappa shape index (κ2) is 4.65. The Hall–Kier alpha value is -0.770. The molecular formula is C14H16Cl2N2O. The number of aromatic nitrogens is 2. The molecule has 1 aromatic carbocycles. The van der Waals surface area contributed by atoms with E-state index in [-0.39, 0.29) is 11.6 Å². The topological polar surface area (TPSA) is 27.1 Å². The van der Waals surface area contributed by atoms with Crippen molar-refractivity contribution >= 4 is 34.2 Å². The van der Waals surface area contributed by atoms with Crippen LogP contribution < -0.4 is 0 Å². The van der Waals surface area contributed by atoms with Crippen molar-refractivity contribution in [3.63, 3.8) is 0 Å². The first kappa shape index (κ1) is 13.2. The molecule has 0 aliphatic carbocycles. The van der Waals surface area contributed by atoms with E-state index in [0.29, 0.717) is 10.9 Å². The van der Waals surface area contributed by atoms with Gasteiger partial charge in [-0.25, -0.2) is 4.98 Å². The first-order valence-corrected chi connectivity index (χ1v) is 7.32. The van der Waals surface area contributed by atoms with E-state index in [1.54, 1.807) is 0 Å². The van der Waals surface area contributed by atoms with Gasteiger partial charge in [-0.1, -0.05) is 11.6 Å². The van der Waals surface area contributed by atoms with Crippen molar-refractivity contribution in [2.75, 3.05) is 6.61 Å². The Morgan fingerprint density at radius 1 is 1.53 bits per heavy atom. The molecule has 0 radical (unpaired) electrons. The Bertz CT molecular complexity index is 625. The summed E-state index contributed by atoms with van der Waals surface area (Å²) in [6, 6.07) is 5.75. The van der Waals surface area contributed by atoms with Gasteiger partial charge in [0.05, 0.1) is 28.6 Å². The zero-order valence-electron chi connectivity index (χ0n) is 11.0. The van der Waals surface area contributed by atoms with Crippen LogP contribution in [0.5, 0.6) is 0 Å². The first-order valence-electron chi connectivity index (χ1n) is 6.41. The number of hydrogen-bond donors (Lipinski definition) is 0. The second-order valence-corrected chi connectivity index (χ2v) is 5.95. The van der Waals surface area contributed by atoms with E-state index in [2.05, 4.69) is 23.4 Å². The zero-order chi connectivity index (χ0) is 13.6. The molecule has 19 heavy (non-hydrogen) atoms. The SMILES string of the molecule is CC1OCCC1(C)n1c(CCl)nc2ccc(Cl)cc21. The van der Waals surface area contributed by atoms with Crippen LogP contribution in [0.25, 0.3) is 11.0 Å². The normalized spacial score (nSPS) is 27.3. The third-order valence-electron chi connectivity index (χ3n) is 4.17. The van der Waals surface area contributed by atoms with Crippen molar-refractivity contribution in [1.29, 1.82) is 0 Å². The van der Waals surface area contributed by atoms with Gasteiger partial charge in [0, 0.05) is 11.6 Å². The lowest BCUT2D eigenvalue weighted by molar-refractivity contribution is 0.0766. The van der Waals surface area contributed by atoms with Crippen molar-refractivity contribution in [3.8, 4) is 0 Å². The molecule has 0 amide bonds. The number of benzene rings is 1. The molecule has 0 saturated carbocycles. The number of halogens is 2. The van der Waals surface area contributed by atoms with Crippen molar-refractivity contribution in [2.24, 2.45) is 0 Å². The Morgan fingerprint density at radius 3 is 2.95 bits per heavy atom. The van der Waals surface area contributed by atoms with Crippen LogP contribution in [0, 0.1) is 0 Å². The standard InChI is InChI=1S/C14H16Cl2N2O/c1-9-14(2,5-6-19-9)18-12-7-10(16)3-4-11(12)17-13(18)8-15/h3-4,7,9H,5-6,8H2,1-2H3. The summed E-state index contributed by atoms with van der Waals surface area (Å²) in [7, 11) is 0. The van der Waals surface area contributed by atoms with Gasteiger partial charge in [-0.05, 0) is 38.5 Å². The fourth-order valence-corrected chi connectivity index (χ4v) is 3.22. The van der Waals surface area contributed by atoms with Crippen LogP contribution in [0.3, 0.4) is 0 Å². The van der Waals surface area contributed by atoms with Crippen LogP contribution in [-0.2, 0) is 16.2 Å². The summed E-state index contributed by atoms with van der Waals surface area (Å²) in [6.45, 7) is 5.06. The van der Waals surface area contributed by atoms with Crippen molar-refractivity contribution in [1.82, 2.24) is 9.55 Å². The largest absolute Gasteiger partial charge is 0.376 e. The van der Waals surface area contributed by atoms with Crippen LogP contribution >= 0.6 is 23.2 Å². The molecule has 2 aromatic rings. The molecule has 1 aromatic heterocycles. The number of hydrogen-bond acceptors (Lipinski definition) is 2. The highest BCUT2D eigenvalue weighted by Gasteiger charge is 2.41. The molecule has 1 saturated heterocycles. The maximum absolute atomic E-state index is 6.13. The highest BCUT2D eigenvalue weighted by atomic mass is 35.5. The molecule has 2 atom stereocenters. The molecular weight excluding hydrogens is 283 g/mol. The molecule has 5 heteroatoms. The van der Waals surface area contributed by atoms with E-state index in [9.17, 15) is 0 Å². The Labute approximate surface area is 122 Å². The van der Waals surface area contributed by atoms with E-state index in [1.807, 2.05) is 18.2 Å². The lowest BCUT2D eigenvalue weighted by atomic mass is 9.93. The predicted octanol–water partition coefficient (Wildman–Crippen LogP) is 3.95. The van der Waals surface area contributed by atoms with Gasteiger partial charge < -0.3 is 9.30 Å². The fraction of sp³-hybridized carbons (Fsp3) is 0.500. The summed E-state index contributed by atoms with van der Waals surface area (Å²) in [4.78, 5) is 4.61. The van der Waals surface area contributed by atoms with Crippen LogP contribution in [0.2, 0.25) is 5.02 Å². The molecule has 102 valence electrons. The number of imidazole rings is 1. The third kappa shape index (κ3) is 1.95. The number of rotatable bonds is 2. The quantitative estimate of drug-likeness (QED) is 0.785. The molecule has 0 N–H and O–H groups in total. The number of fused-ring (bicyclic) bond motifs is 1. The van der Waals surface area contributed by atoms with E-state index < -0.39 is 0 Å².